The number of allylic oxidation sites excluding steroid dienone is 1. The van der Waals surface area contributed by atoms with E-state index >= 15 is 0 Å². The van der Waals surface area contributed by atoms with E-state index in [1.165, 1.54) is 17.3 Å². The third-order valence-corrected chi connectivity index (χ3v) is 1.92. The number of nitrogens with zero attached hydrogens (tertiary/aromatic N) is 3. The van der Waals surface area contributed by atoms with Gasteiger partial charge in [-0.15, -0.1) is 0 Å². The van der Waals surface area contributed by atoms with E-state index < -0.39 is 0 Å². The lowest BCUT2D eigenvalue weighted by Crippen LogP contribution is -1.98. The summed E-state index contributed by atoms with van der Waals surface area (Å²) in [4.78, 5) is 14.6. The molecule has 0 aliphatic carbocycles. The molecule has 0 amide bonds. The molecule has 0 bridgehead atoms. The number of aromatic nitrogens is 3. The van der Waals surface area contributed by atoms with Gasteiger partial charge >= 0.3 is 0 Å². The topological polar surface area (TPSA) is 47.8 Å². The Bertz CT molecular complexity index is 460. The highest BCUT2D eigenvalue weighted by Gasteiger charge is 1.98. The Morgan fingerprint density at radius 2 is 2.07 bits per heavy atom. The van der Waals surface area contributed by atoms with Gasteiger partial charge in [0.15, 0.2) is 6.29 Å². The highest BCUT2D eigenvalue weighted by Crippen LogP contribution is 2.07. The van der Waals surface area contributed by atoms with Gasteiger partial charge in [-0.05, 0) is 11.6 Å². The molecule has 0 aliphatic heterocycles. The van der Waals surface area contributed by atoms with Gasteiger partial charge in [0.1, 0.15) is 18.4 Å². The van der Waals surface area contributed by atoms with Crippen LogP contribution < -0.4 is 0 Å². The number of carbonyl (C=O) groups is 1. The Morgan fingerprint density at radius 1 is 1.27 bits per heavy atom. The van der Waals surface area contributed by atoms with Crippen molar-refractivity contribution < 1.29 is 4.79 Å². The Morgan fingerprint density at radius 3 is 2.67 bits per heavy atom. The highest BCUT2D eigenvalue weighted by molar-refractivity contribution is 6.05. The molecule has 4 nitrogen and oxygen atoms in total. The van der Waals surface area contributed by atoms with Crippen LogP contribution in [0.2, 0.25) is 0 Å². The number of hydrogen-bond acceptors (Lipinski definition) is 3. The second-order valence-corrected chi connectivity index (χ2v) is 2.94. The average molecular weight is 199 g/mol. The largest absolute Gasteiger partial charge is 0.296 e. The standard InChI is InChI=1S/C11H9N3O/c15-7-11(14-9-12-8-13-14)6-10-4-2-1-3-5-10/h1-9H. The van der Waals surface area contributed by atoms with Crippen LogP contribution in [-0.2, 0) is 4.79 Å². The maximum atomic E-state index is 10.9. The van der Waals surface area contributed by atoms with Crippen LogP contribution in [0, 0.1) is 0 Å². The zero-order chi connectivity index (χ0) is 10.5. The first-order valence-electron chi connectivity index (χ1n) is 4.47. The zero-order valence-corrected chi connectivity index (χ0v) is 7.95. The Balaban J connectivity index is 2.36. The molecular formula is C11H9N3O. The average Bonchev–Trinajstić information content (AvgIpc) is 2.81. The van der Waals surface area contributed by atoms with E-state index in [1.807, 2.05) is 30.3 Å². The fraction of sp³-hybridized carbons (Fsp3) is 0. The van der Waals surface area contributed by atoms with Gasteiger partial charge in [-0.3, -0.25) is 4.79 Å². The molecule has 0 N–H and O–H groups in total. The van der Waals surface area contributed by atoms with Crippen molar-refractivity contribution in [1.82, 2.24) is 14.8 Å². The third-order valence-electron chi connectivity index (χ3n) is 1.92. The number of hydrogen-bond donors (Lipinski definition) is 0. The van der Waals surface area contributed by atoms with Gasteiger partial charge in [-0.1, -0.05) is 30.3 Å². The van der Waals surface area contributed by atoms with Crippen molar-refractivity contribution in [2.45, 2.75) is 0 Å². The molecule has 0 aliphatic rings. The molecule has 1 heterocycles. The lowest BCUT2D eigenvalue weighted by atomic mass is 10.2. The summed E-state index contributed by atoms with van der Waals surface area (Å²) in [7, 11) is 0. The van der Waals surface area contributed by atoms with Gasteiger partial charge in [0.2, 0.25) is 0 Å². The minimum Gasteiger partial charge on any atom is -0.296 e. The van der Waals surface area contributed by atoms with Crippen molar-refractivity contribution in [2.24, 2.45) is 0 Å². The number of rotatable bonds is 3. The number of benzene rings is 1. The summed E-state index contributed by atoms with van der Waals surface area (Å²) in [6, 6.07) is 9.58. The van der Waals surface area contributed by atoms with Crippen LogP contribution in [0.15, 0.2) is 43.0 Å². The lowest BCUT2D eigenvalue weighted by Gasteiger charge is -1.98. The summed E-state index contributed by atoms with van der Waals surface area (Å²) < 4.78 is 1.43. The monoisotopic (exact) mass is 199 g/mol. The van der Waals surface area contributed by atoms with Gasteiger partial charge in [0.25, 0.3) is 0 Å². The number of carbonyl (C=O) groups excluding carboxylic acids is 1. The maximum Gasteiger partial charge on any atom is 0.168 e. The van der Waals surface area contributed by atoms with E-state index in [4.69, 9.17) is 0 Å². The van der Waals surface area contributed by atoms with Crippen LogP contribution in [0.5, 0.6) is 0 Å². The van der Waals surface area contributed by atoms with Gasteiger partial charge in [0.05, 0.1) is 0 Å². The second kappa shape index (κ2) is 4.32. The molecule has 4 heteroatoms. The highest BCUT2D eigenvalue weighted by atomic mass is 16.1. The molecule has 0 radical (unpaired) electrons. The minimum atomic E-state index is 0.457. The van der Waals surface area contributed by atoms with Gasteiger partial charge < -0.3 is 0 Å². The maximum absolute atomic E-state index is 10.9. The second-order valence-electron chi connectivity index (χ2n) is 2.94. The first kappa shape index (κ1) is 9.33. The fourth-order valence-electron chi connectivity index (χ4n) is 1.22. The molecule has 1 aromatic carbocycles. The number of aldehydes is 1. The summed E-state index contributed by atoms with van der Waals surface area (Å²) in [6.07, 6.45) is 5.38. The van der Waals surface area contributed by atoms with Crippen LogP contribution in [0.1, 0.15) is 5.56 Å². The van der Waals surface area contributed by atoms with Crippen molar-refractivity contribution in [2.75, 3.05) is 0 Å². The predicted octanol–water partition coefficient (Wildman–Crippen LogP) is 1.48. The molecular weight excluding hydrogens is 190 g/mol. The molecule has 0 spiro atoms. The summed E-state index contributed by atoms with van der Waals surface area (Å²) in [5.74, 6) is 0. The van der Waals surface area contributed by atoms with Crippen LogP contribution in [0.3, 0.4) is 0 Å². The Kier molecular flexibility index (Phi) is 2.69. The molecule has 74 valence electrons. The Hall–Kier alpha value is -2.23. The fourth-order valence-corrected chi connectivity index (χ4v) is 1.22. The van der Waals surface area contributed by atoms with E-state index in [9.17, 15) is 4.79 Å². The summed E-state index contributed by atoms with van der Waals surface area (Å²) in [6.45, 7) is 0. The van der Waals surface area contributed by atoms with E-state index in [0.717, 1.165) is 11.8 Å². The molecule has 2 rings (SSSR count). The quantitative estimate of drug-likeness (QED) is 0.555. The van der Waals surface area contributed by atoms with E-state index in [-0.39, 0.29) is 0 Å². The molecule has 2 aromatic rings. The molecule has 1 aromatic heterocycles. The molecule has 0 atom stereocenters. The smallest absolute Gasteiger partial charge is 0.168 e. The molecule has 0 saturated heterocycles. The minimum absolute atomic E-state index is 0.457. The van der Waals surface area contributed by atoms with Crippen molar-refractivity contribution in [3.8, 4) is 0 Å². The van der Waals surface area contributed by atoms with E-state index in [1.54, 1.807) is 6.08 Å². The van der Waals surface area contributed by atoms with Gasteiger partial charge in [0, 0.05) is 0 Å². The summed E-state index contributed by atoms with van der Waals surface area (Å²) in [5.41, 5.74) is 1.41. The molecule has 15 heavy (non-hydrogen) atoms. The SMILES string of the molecule is O=CC(=Cc1ccccc1)n1cncn1. The van der Waals surface area contributed by atoms with Gasteiger partial charge in [-0.25, -0.2) is 9.67 Å². The normalized spacial score (nSPS) is 11.3. The lowest BCUT2D eigenvalue weighted by molar-refractivity contribution is -0.103. The Labute approximate surface area is 86.9 Å². The van der Waals surface area contributed by atoms with E-state index in [0.29, 0.717) is 5.70 Å². The summed E-state index contributed by atoms with van der Waals surface area (Å²) in [5, 5.41) is 3.89. The van der Waals surface area contributed by atoms with E-state index in [2.05, 4.69) is 10.1 Å². The molecule has 0 unspecified atom stereocenters. The van der Waals surface area contributed by atoms with Gasteiger partial charge in [-0.2, -0.15) is 5.10 Å². The third kappa shape index (κ3) is 2.17. The van der Waals surface area contributed by atoms with Crippen LogP contribution in [0.25, 0.3) is 11.8 Å². The van der Waals surface area contributed by atoms with Crippen molar-refractivity contribution >= 4 is 18.1 Å². The predicted molar refractivity (Wildman–Crippen MR) is 56.7 cm³/mol. The van der Waals surface area contributed by atoms with Crippen LogP contribution in [-0.4, -0.2) is 21.1 Å². The van der Waals surface area contributed by atoms with Crippen molar-refractivity contribution in [1.29, 1.82) is 0 Å². The first-order chi connectivity index (χ1) is 7.40. The molecule has 0 saturated carbocycles. The molecule has 0 fully saturated rings. The summed E-state index contributed by atoms with van der Waals surface area (Å²) >= 11 is 0. The zero-order valence-electron chi connectivity index (χ0n) is 7.95. The van der Waals surface area contributed by atoms with Crippen LogP contribution >= 0.6 is 0 Å². The van der Waals surface area contributed by atoms with Crippen molar-refractivity contribution in [3.63, 3.8) is 0 Å². The van der Waals surface area contributed by atoms with Crippen molar-refractivity contribution in [3.05, 3.63) is 48.5 Å². The first-order valence-corrected chi connectivity index (χ1v) is 4.47. The van der Waals surface area contributed by atoms with Crippen LogP contribution in [0.4, 0.5) is 0 Å².